The molecule has 0 fully saturated rings. The van der Waals surface area contributed by atoms with Crippen molar-refractivity contribution in [1.29, 1.82) is 0 Å². The first-order valence-electron chi connectivity index (χ1n) is 5.19. The molecule has 1 N–H and O–H groups in total. The fourth-order valence-corrected chi connectivity index (χ4v) is 2.42. The molecule has 2 aromatic carbocycles. The minimum atomic E-state index is -0.265. The van der Waals surface area contributed by atoms with Crippen molar-refractivity contribution in [2.24, 2.45) is 0 Å². The Labute approximate surface area is 127 Å². The molecule has 18 heavy (non-hydrogen) atoms. The average Bonchev–Trinajstić information content (AvgIpc) is 2.32. The first kappa shape index (κ1) is 13.8. The van der Waals surface area contributed by atoms with Crippen molar-refractivity contribution in [2.75, 3.05) is 5.32 Å². The van der Waals surface area contributed by atoms with Crippen molar-refractivity contribution in [3.8, 4) is 0 Å². The van der Waals surface area contributed by atoms with E-state index in [2.05, 4.69) is 37.2 Å². The number of benzene rings is 2. The van der Waals surface area contributed by atoms with Crippen LogP contribution in [-0.4, -0.2) is 0 Å². The maximum absolute atomic E-state index is 12.9. The van der Waals surface area contributed by atoms with Gasteiger partial charge in [0.25, 0.3) is 0 Å². The predicted octanol–water partition coefficient (Wildman–Crippen LogP) is 5.62. The van der Waals surface area contributed by atoms with Crippen LogP contribution in [0.3, 0.4) is 0 Å². The standard InChI is InChI=1S/C13H9Br2ClFN/c14-10-3-1-8(5-12(10)16)7-18-13-4-2-9(17)6-11(13)15/h1-6,18H,7H2. The Morgan fingerprint density at radius 1 is 1.06 bits per heavy atom. The van der Waals surface area contributed by atoms with Crippen LogP contribution in [0, 0.1) is 5.82 Å². The van der Waals surface area contributed by atoms with E-state index in [0.29, 0.717) is 16.0 Å². The highest BCUT2D eigenvalue weighted by molar-refractivity contribution is 9.11. The zero-order valence-electron chi connectivity index (χ0n) is 9.18. The second-order valence-corrected chi connectivity index (χ2v) is 5.84. The minimum Gasteiger partial charge on any atom is -0.380 e. The predicted molar refractivity (Wildman–Crippen MR) is 80.6 cm³/mol. The number of halogens is 4. The van der Waals surface area contributed by atoms with E-state index in [4.69, 9.17) is 11.6 Å². The van der Waals surface area contributed by atoms with Gasteiger partial charge in [0.15, 0.2) is 0 Å². The molecule has 0 bridgehead atoms. The van der Waals surface area contributed by atoms with Crippen LogP contribution >= 0.6 is 43.5 Å². The van der Waals surface area contributed by atoms with Gasteiger partial charge >= 0.3 is 0 Å². The molecule has 1 nitrogen and oxygen atoms in total. The van der Waals surface area contributed by atoms with Crippen LogP contribution in [0.25, 0.3) is 0 Å². The first-order valence-corrected chi connectivity index (χ1v) is 7.15. The van der Waals surface area contributed by atoms with Crippen LogP contribution in [0.1, 0.15) is 5.56 Å². The summed E-state index contributed by atoms with van der Waals surface area (Å²) in [5.41, 5.74) is 1.90. The van der Waals surface area contributed by atoms with Crippen LogP contribution in [-0.2, 0) is 6.54 Å². The van der Waals surface area contributed by atoms with Gasteiger partial charge < -0.3 is 5.32 Å². The second-order valence-electron chi connectivity index (χ2n) is 3.73. The van der Waals surface area contributed by atoms with Gasteiger partial charge in [-0.05, 0) is 67.8 Å². The molecule has 94 valence electrons. The lowest BCUT2D eigenvalue weighted by Crippen LogP contribution is -2.00. The largest absolute Gasteiger partial charge is 0.380 e. The van der Waals surface area contributed by atoms with Crippen LogP contribution in [0.2, 0.25) is 5.02 Å². The maximum Gasteiger partial charge on any atom is 0.124 e. The molecule has 0 aliphatic carbocycles. The first-order chi connectivity index (χ1) is 8.56. The SMILES string of the molecule is Fc1ccc(NCc2ccc(Br)c(Cl)c2)c(Br)c1. The molecule has 0 aliphatic heterocycles. The molecular weight excluding hydrogens is 384 g/mol. The normalized spacial score (nSPS) is 10.4. The van der Waals surface area contributed by atoms with E-state index in [9.17, 15) is 4.39 Å². The highest BCUT2D eigenvalue weighted by Gasteiger charge is 2.03. The molecule has 0 heterocycles. The molecule has 0 saturated heterocycles. The third-order valence-corrected chi connectivity index (χ3v) is 4.29. The topological polar surface area (TPSA) is 12.0 Å². The van der Waals surface area contributed by atoms with E-state index in [1.54, 1.807) is 6.07 Å². The zero-order valence-corrected chi connectivity index (χ0v) is 13.1. The number of hydrogen-bond acceptors (Lipinski definition) is 1. The highest BCUT2D eigenvalue weighted by Crippen LogP contribution is 2.26. The second kappa shape index (κ2) is 6.04. The highest BCUT2D eigenvalue weighted by atomic mass is 79.9. The molecule has 0 atom stereocenters. The number of nitrogens with one attached hydrogen (secondary N) is 1. The molecule has 2 aromatic rings. The maximum atomic E-state index is 12.9. The van der Waals surface area contributed by atoms with Crippen LogP contribution in [0.4, 0.5) is 10.1 Å². The summed E-state index contributed by atoms with van der Waals surface area (Å²) in [6.45, 7) is 0.622. The summed E-state index contributed by atoms with van der Waals surface area (Å²) in [4.78, 5) is 0. The summed E-state index contributed by atoms with van der Waals surface area (Å²) < 4.78 is 14.5. The monoisotopic (exact) mass is 391 g/mol. The third-order valence-electron chi connectivity index (χ3n) is 2.40. The van der Waals surface area contributed by atoms with Gasteiger partial charge in [-0.3, -0.25) is 0 Å². The molecule has 0 aliphatic rings. The smallest absolute Gasteiger partial charge is 0.124 e. The molecule has 5 heteroatoms. The number of rotatable bonds is 3. The molecule has 0 amide bonds. The Bertz CT molecular complexity index is 575. The van der Waals surface area contributed by atoms with Gasteiger partial charge in [-0.2, -0.15) is 0 Å². The summed E-state index contributed by atoms with van der Waals surface area (Å²) in [6.07, 6.45) is 0. The van der Waals surface area contributed by atoms with Gasteiger partial charge in [0, 0.05) is 21.2 Å². The molecular formula is C13H9Br2ClFN. The van der Waals surface area contributed by atoms with Crippen LogP contribution < -0.4 is 5.32 Å². The Morgan fingerprint density at radius 2 is 1.83 bits per heavy atom. The third kappa shape index (κ3) is 3.46. The molecule has 0 aromatic heterocycles. The fourth-order valence-electron chi connectivity index (χ4n) is 1.48. The summed E-state index contributed by atoms with van der Waals surface area (Å²) in [5.74, 6) is -0.265. The lowest BCUT2D eigenvalue weighted by molar-refractivity contribution is 0.627. The van der Waals surface area contributed by atoms with E-state index in [0.717, 1.165) is 15.7 Å². The van der Waals surface area contributed by atoms with E-state index in [1.165, 1.54) is 12.1 Å². The Morgan fingerprint density at radius 3 is 2.50 bits per heavy atom. The van der Waals surface area contributed by atoms with Crippen molar-refractivity contribution >= 4 is 49.1 Å². The van der Waals surface area contributed by atoms with Crippen molar-refractivity contribution in [1.82, 2.24) is 0 Å². The van der Waals surface area contributed by atoms with Crippen molar-refractivity contribution in [3.63, 3.8) is 0 Å². The molecule has 0 saturated carbocycles. The lowest BCUT2D eigenvalue weighted by atomic mass is 10.2. The van der Waals surface area contributed by atoms with E-state index in [1.807, 2.05) is 18.2 Å². The molecule has 0 spiro atoms. The number of hydrogen-bond donors (Lipinski definition) is 1. The Kier molecular flexibility index (Phi) is 4.65. The van der Waals surface area contributed by atoms with Crippen molar-refractivity contribution < 1.29 is 4.39 Å². The lowest BCUT2D eigenvalue weighted by Gasteiger charge is -2.09. The van der Waals surface area contributed by atoms with Gasteiger partial charge in [-0.15, -0.1) is 0 Å². The summed E-state index contributed by atoms with van der Waals surface area (Å²) >= 11 is 12.7. The van der Waals surface area contributed by atoms with Crippen molar-refractivity contribution in [2.45, 2.75) is 6.54 Å². The van der Waals surface area contributed by atoms with Gasteiger partial charge in [-0.1, -0.05) is 17.7 Å². The van der Waals surface area contributed by atoms with Gasteiger partial charge in [0.2, 0.25) is 0 Å². The van der Waals surface area contributed by atoms with E-state index >= 15 is 0 Å². The summed E-state index contributed by atoms with van der Waals surface area (Å²) in [5, 5.41) is 3.89. The fraction of sp³-hybridized carbons (Fsp3) is 0.0769. The van der Waals surface area contributed by atoms with Crippen LogP contribution in [0.15, 0.2) is 45.3 Å². The van der Waals surface area contributed by atoms with Crippen molar-refractivity contribution in [3.05, 3.63) is 61.7 Å². The van der Waals surface area contributed by atoms with Crippen LogP contribution in [0.5, 0.6) is 0 Å². The Balaban J connectivity index is 2.09. The minimum absolute atomic E-state index is 0.265. The molecule has 2 rings (SSSR count). The number of anilines is 1. The quantitative estimate of drug-likeness (QED) is 0.714. The van der Waals surface area contributed by atoms with Gasteiger partial charge in [0.05, 0.1) is 5.02 Å². The molecule has 0 radical (unpaired) electrons. The average molecular weight is 393 g/mol. The van der Waals surface area contributed by atoms with E-state index < -0.39 is 0 Å². The molecule has 0 unspecified atom stereocenters. The Hall–Kier alpha value is -0.580. The zero-order chi connectivity index (χ0) is 13.1. The van der Waals surface area contributed by atoms with E-state index in [-0.39, 0.29) is 5.82 Å². The summed E-state index contributed by atoms with van der Waals surface area (Å²) in [6, 6.07) is 10.3. The van der Waals surface area contributed by atoms with Gasteiger partial charge in [0.1, 0.15) is 5.82 Å². The van der Waals surface area contributed by atoms with Gasteiger partial charge in [-0.25, -0.2) is 4.39 Å². The summed E-state index contributed by atoms with van der Waals surface area (Å²) in [7, 11) is 0.